The number of amides is 1. The number of nitrogens with one attached hydrogen (secondary N) is 1. The first-order chi connectivity index (χ1) is 9.22. The molecule has 3 unspecified atom stereocenters. The molecule has 0 aliphatic heterocycles. The van der Waals surface area contributed by atoms with Crippen molar-refractivity contribution in [2.75, 3.05) is 7.11 Å². The molecule has 0 spiro atoms. The van der Waals surface area contributed by atoms with Crippen LogP contribution in [0.5, 0.6) is 0 Å². The Morgan fingerprint density at radius 2 is 2.00 bits per heavy atom. The molecule has 0 heterocycles. The summed E-state index contributed by atoms with van der Waals surface area (Å²) in [6.07, 6.45) is 2.61. The smallest absolute Gasteiger partial charge is 0.254 e. The standard InChI is InChI=1S/C15H21NO3/c1-19-14(11-7-3-2-4-8-11)15(18)16-12-9-5-6-10-13(12)17/h2-4,7-8,12-14,17H,5-6,9-10H2,1H3,(H,16,18). The van der Waals surface area contributed by atoms with Crippen LogP contribution in [0.25, 0.3) is 0 Å². The van der Waals surface area contributed by atoms with Crippen LogP contribution in [-0.4, -0.2) is 30.3 Å². The number of aliphatic hydroxyl groups is 1. The largest absolute Gasteiger partial charge is 0.391 e. The molecule has 2 rings (SSSR count). The molecule has 0 saturated heterocycles. The van der Waals surface area contributed by atoms with Crippen molar-refractivity contribution in [3.8, 4) is 0 Å². The van der Waals surface area contributed by atoms with E-state index in [9.17, 15) is 9.90 Å². The quantitative estimate of drug-likeness (QED) is 0.870. The molecule has 19 heavy (non-hydrogen) atoms. The molecule has 0 radical (unpaired) electrons. The molecule has 0 aromatic heterocycles. The Hall–Kier alpha value is -1.39. The number of methoxy groups -OCH3 is 1. The van der Waals surface area contributed by atoms with E-state index >= 15 is 0 Å². The first-order valence-corrected chi connectivity index (χ1v) is 6.78. The molecule has 1 aromatic rings. The van der Waals surface area contributed by atoms with Gasteiger partial charge in [-0.2, -0.15) is 0 Å². The second-order valence-electron chi connectivity index (χ2n) is 4.99. The van der Waals surface area contributed by atoms with Gasteiger partial charge in [-0.3, -0.25) is 4.79 Å². The van der Waals surface area contributed by atoms with Gasteiger partial charge in [0.05, 0.1) is 12.1 Å². The van der Waals surface area contributed by atoms with Crippen molar-refractivity contribution >= 4 is 5.91 Å². The molecule has 1 fully saturated rings. The van der Waals surface area contributed by atoms with Gasteiger partial charge < -0.3 is 15.2 Å². The summed E-state index contributed by atoms with van der Waals surface area (Å²) in [5.41, 5.74) is 0.827. The van der Waals surface area contributed by atoms with Crippen molar-refractivity contribution in [2.24, 2.45) is 0 Å². The summed E-state index contributed by atoms with van der Waals surface area (Å²) in [4.78, 5) is 12.2. The zero-order chi connectivity index (χ0) is 13.7. The zero-order valence-corrected chi connectivity index (χ0v) is 11.2. The predicted octanol–water partition coefficient (Wildman–Crippen LogP) is 1.79. The average molecular weight is 263 g/mol. The van der Waals surface area contributed by atoms with E-state index in [0.717, 1.165) is 31.2 Å². The van der Waals surface area contributed by atoms with Crippen LogP contribution in [0.4, 0.5) is 0 Å². The predicted molar refractivity (Wildman–Crippen MR) is 72.6 cm³/mol. The molecule has 1 aromatic carbocycles. The number of aliphatic hydroxyl groups excluding tert-OH is 1. The summed E-state index contributed by atoms with van der Waals surface area (Å²) in [5, 5.41) is 12.8. The van der Waals surface area contributed by atoms with Gasteiger partial charge in [0.15, 0.2) is 6.10 Å². The monoisotopic (exact) mass is 263 g/mol. The van der Waals surface area contributed by atoms with Gasteiger partial charge in [0.25, 0.3) is 5.91 Å². The van der Waals surface area contributed by atoms with Gasteiger partial charge in [0.2, 0.25) is 0 Å². The Morgan fingerprint density at radius 3 is 2.63 bits per heavy atom. The van der Waals surface area contributed by atoms with E-state index in [-0.39, 0.29) is 11.9 Å². The third-order valence-corrected chi connectivity index (χ3v) is 3.63. The lowest BCUT2D eigenvalue weighted by atomic mass is 9.92. The number of ether oxygens (including phenoxy) is 1. The van der Waals surface area contributed by atoms with Gasteiger partial charge >= 0.3 is 0 Å². The van der Waals surface area contributed by atoms with Gasteiger partial charge in [0, 0.05) is 7.11 Å². The Kier molecular flexibility index (Phi) is 4.93. The van der Waals surface area contributed by atoms with Gasteiger partial charge in [-0.15, -0.1) is 0 Å². The number of carbonyl (C=O) groups excluding carboxylic acids is 1. The van der Waals surface area contributed by atoms with E-state index < -0.39 is 12.2 Å². The van der Waals surface area contributed by atoms with E-state index in [4.69, 9.17) is 4.74 Å². The second kappa shape index (κ2) is 6.68. The Bertz CT molecular complexity index is 407. The zero-order valence-electron chi connectivity index (χ0n) is 11.2. The van der Waals surface area contributed by atoms with Gasteiger partial charge in [-0.25, -0.2) is 0 Å². The average Bonchev–Trinajstić information content (AvgIpc) is 2.43. The fourth-order valence-electron chi connectivity index (χ4n) is 2.56. The molecule has 104 valence electrons. The fraction of sp³-hybridized carbons (Fsp3) is 0.533. The molecule has 1 saturated carbocycles. The van der Waals surface area contributed by atoms with Crippen molar-refractivity contribution < 1.29 is 14.6 Å². The number of hydrogen-bond acceptors (Lipinski definition) is 3. The normalized spacial score (nSPS) is 24.7. The highest BCUT2D eigenvalue weighted by atomic mass is 16.5. The molecule has 3 atom stereocenters. The highest BCUT2D eigenvalue weighted by Gasteiger charge is 2.28. The third-order valence-electron chi connectivity index (χ3n) is 3.63. The van der Waals surface area contributed by atoms with E-state index in [1.54, 1.807) is 0 Å². The first kappa shape index (κ1) is 14.0. The van der Waals surface area contributed by atoms with Crippen LogP contribution in [-0.2, 0) is 9.53 Å². The topological polar surface area (TPSA) is 58.6 Å². The maximum absolute atomic E-state index is 12.2. The van der Waals surface area contributed by atoms with Crippen molar-refractivity contribution in [1.29, 1.82) is 0 Å². The molecule has 0 bridgehead atoms. The Labute approximate surface area is 113 Å². The molecule has 1 aliphatic carbocycles. The van der Waals surface area contributed by atoms with Gasteiger partial charge in [0.1, 0.15) is 0 Å². The summed E-state index contributed by atoms with van der Waals surface area (Å²) in [6.45, 7) is 0. The second-order valence-corrected chi connectivity index (χ2v) is 4.99. The molecule has 1 amide bonds. The van der Waals surface area contributed by atoms with Crippen molar-refractivity contribution in [1.82, 2.24) is 5.32 Å². The van der Waals surface area contributed by atoms with E-state index in [1.807, 2.05) is 30.3 Å². The van der Waals surface area contributed by atoms with Crippen LogP contribution < -0.4 is 5.32 Å². The fourth-order valence-corrected chi connectivity index (χ4v) is 2.56. The minimum Gasteiger partial charge on any atom is -0.391 e. The van der Waals surface area contributed by atoms with E-state index in [2.05, 4.69) is 5.32 Å². The molecule has 4 heteroatoms. The summed E-state index contributed by atoms with van der Waals surface area (Å²) >= 11 is 0. The van der Waals surface area contributed by atoms with Gasteiger partial charge in [-0.05, 0) is 18.4 Å². The Morgan fingerprint density at radius 1 is 1.32 bits per heavy atom. The Balaban J connectivity index is 2.01. The van der Waals surface area contributed by atoms with Crippen LogP contribution in [0.3, 0.4) is 0 Å². The van der Waals surface area contributed by atoms with Crippen molar-refractivity contribution in [2.45, 2.75) is 43.9 Å². The van der Waals surface area contributed by atoms with E-state index in [1.165, 1.54) is 7.11 Å². The maximum Gasteiger partial charge on any atom is 0.254 e. The van der Waals surface area contributed by atoms with Crippen LogP contribution in [0.15, 0.2) is 30.3 Å². The molecular weight excluding hydrogens is 242 g/mol. The SMILES string of the molecule is COC(C(=O)NC1CCCCC1O)c1ccccc1. The molecule has 1 aliphatic rings. The minimum atomic E-state index is -0.615. The highest BCUT2D eigenvalue weighted by molar-refractivity contribution is 5.82. The van der Waals surface area contributed by atoms with Crippen LogP contribution in [0.1, 0.15) is 37.4 Å². The lowest BCUT2D eigenvalue weighted by Crippen LogP contribution is -2.46. The lowest BCUT2D eigenvalue weighted by Gasteiger charge is -2.29. The third kappa shape index (κ3) is 3.55. The summed E-state index contributed by atoms with van der Waals surface area (Å²) in [7, 11) is 1.52. The first-order valence-electron chi connectivity index (χ1n) is 6.78. The van der Waals surface area contributed by atoms with Crippen molar-refractivity contribution in [3.05, 3.63) is 35.9 Å². The van der Waals surface area contributed by atoms with Crippen LogP contribution in [0.2, 0.25) is 0 Å². The number of benzene rings is 1. The lowest BCUT2D eigenvalue weighted by molar-refractivity contribution is -0.133. The molecule has 4 nitrogen and oxygen atoms in total. The number of rotatable bonds is 4. The van der Waals surface area contributed by atoms with Gasteiger partial charge in [-0.1, -0.05) is 43.2 Å². The van der Waals surface area contributed by atoms with Crippen LogP contribution >= 0.6 is 0 Å². The number of hydrogen-bond donors (Lipinski definition) is 2. The van der Waals surface area contributed by atoms with Crippen molar-refractivity contribution in [3.63, 3.8) is 0 Å². The minimum absolute atomic E-state index is 0.150. The summed E-state index contributed by atoms with van der Waals surface area (Å²) in [5.74, 6) is -0.181. The maximum atomic E-state index is 12.2. The van der Waals surface area contributed by atoms with Crippen LogP contribution in [0, 0.1) is 0 Å². The summed E-state index contributed by atoms with van der Waals surface area (Å²) < 4.78 is 5.28. The number of carbonyl (C=O) groups is 1. The highest BCUT2D eigenvalue weighted by Crippen LogP contribution is 2.21. The summed E-state index contributed by atoms with van der Waals surface area (Å²) in [6, 6.07) is 9.24. The van der Waals surface area contributed by atoms with E-state index in [0.29, 0.717) is 0 Å². The molecule has 2 N–H and O–H groups in total. The molecular formula is C15H21NO3.